The fraction of sp³-hybridized carbons (Fsp3) is 0.667. The maximum absolute atomic E-state index is 12.7. The Morgan fingerprint density at radius 1 is 0.917 bits per heavy atom. The Kier molecular flexibility index (Phi) is 17.0. The molecule has 2 aliphatic carbocycles. The second kappa shape index (κ2) is 19.4. The van der Waals surface area contributed by atoms with Crippen molar-refractivity contribution in [3.05, 3.63) is 58.6 Å². The number of nitrogens with one attached hydrogen (secondary N) is 1. The molecule has 0 saturated heterocycles. The van der Waals surface area contributed by atoms with Gasteiger partial charge in [-0.15, -0.1) is 0 Å². The normalized spacial score (nSPS) is 24.2. The number of aliphatic hydroxyl groups is 2. The zero-order chi connectivity index (χ0) is 36.1. The zero-order valence-corrected chi connectivity index (χ0v) is 30.4. The van der Waals surface area contributed by atoms with Crippen molar-refractivity contribution in [1.82, 2.24) is 19.4 Å². The first-order valence-corrected chi connectivity index (χ1v) is 19.2. The predicted octanol–water partition coefficient (Wildman–Crippen LogP) is 2.78. The zero-order valence-electron chi connectivity index (χ0n) is 28.6. The molecule has 274 valence electrons. The summed E-state index contributed by atoms with van der Waals surface area (Å²) < 4.78 is 32.0. The Hall–Kier alpha value is -2.04. The number of anilines is 1. The van der Waals surface area contributed by atoms with Gasteiger partial charge >= 0.3 is 21.3 Å². The van der Waals surface area contributed by atoms with Gasteiger partial charge in [-0.25, -0.2) is 19.4 Å². The molecule has 6 atom stereocenters. The molecule has 4 rings (SSSR count). The summed E-state index contributed by atoms with van der Waals surface area (Å²) in [5.41, 5.74) is 1.55. The maximum atomic E-state index is 12.7. The van der Waals surface area contributed by atoms with E-state index in [1.165, 1.54) is 56.1 Å². The van der Waals surface area contributed by atoms with E-state index in [0.29, 0.717) is 0 Å². The molecule has 0 spiro atoms. The molecule has 2 aliphatic rings. The molecule has 1 aromatic heterocycles. The van der Waals surface area contributed by atoms with Gasteiger partial charge in [0.15, 0.2) is 5.82 Å². The minimum absolute atomic E-state index is 0.134. The number of aromatic nitrogens is 2. The monoisotopic (exact) mass is 721 g/mol. The molecule has 6 N–H and O–H groups in total. The number of hydrogen-bond donors (Lipinski definition) is 6. The quantitative estimate of drug-likeness (QED) is 0.109. The average molecular weight is 722 g/mol. The van der Waals surface area contributed by atoms with Gasteiger partial charge in [0, 0.05) is 12.1 Å². The largest absolute Gasteiger partial charge is 0.481 e. The van der Waals surface area contributed by atoms with E-state index in [-0.39, 0.29) is 18.8 Å². The second-order valence-electron chi connectivity index (χ2n) is 11.3. The highest BCUT2D eigenvalue weighted by atomic mass is 31.3. The van der Waals surface area contributed by atoms with Crippen molar-refractivity contribution >= 4 is 21.5 Å². The molecule has 1 aromatic carbocycles. The van der Waals surface area contributed by atoms with Gasteiger partial charge in [0.1, 0.15) is 6.10 Å². The lowest BCUT2D eigenvalue weighted by Crippen LogP contribution is -2.43. The summed E-state index contributed by atoms with van der Waals surface area (Å²) in [6.07, 6.45) is -1.23. The van der Waals surface area contributed by atoms with Crippen molar-refractivity contribution in [1.29, 1.82) is 0 Å². The number of benzene rings is 1. The lowest BCUT2D eigenvalue weighted by atomic mass is 10.0. The van der Waals surface area contributed by atoms with Crippen molar-refractivity contribution in [3.63, 3.8) is 0 Å². The molecule has 0 radical (unpaired) electrons. The highest BCUT2D eigenvalue weighted by Crippen LogP contribution is 2.65. The number of phosphoric acid groups is 2. The molecule has 0 amide bonds. The third-order valence-corrected chi connectivity index (χ3v) is 10.8. The molecular formula is C30H53N5O11P2. The molecule has 2 saturated carbocycles. The minimum atomic E-state index is -5.30. The number of fused-ring (bicyclic) bond motifs is 1. The van der Waals surface area contributed by atoms with E-state index in [1.807, 2.05) is 30.3 Å². The van der Waals surface area contributed by atoms with E-state index in [2.05, 4.69) is 70.6 Å². The maximum Gasteiger partial charge on any atom is 0.481 e. The van der Waals surface area contributed by atoms with Crippen LogP contribution in [0.5, 0.6) is 0 Å². The summed E-state index contributed by atoms with van der Waals surface area (Å²) in [7, 11) is -10.4. The molecule has 0 aliphatic heterocycles. The van der Waals surface area contributed by atoms with Gasteiger partial charge in [0.2, 0.25) is 0 Å². The first kappa shape index (κ1) is 42.1. The number of nitrogens with zero attached hydrogens (tertiary/aromatic N) is 4. The summed E-state index contributed by atoms with van der Waals surface area (Å²) in [5.74, 6) is -1.30. The van der Waals surface area contributed by atoms with Crippen LogP contribution in [0, 0.1) is 11.8 Å². The number of hydrogen-bond acceptors (Lipinski definition) is 12. The van der Waals surface area contributed by atoms with Crippen molar-refractivity contribution in [2.45, 2.75) is 72.3 Å². The summed E-state index contributed by atoms with van der Waals surface area (Å²) >= 11 is 0. The standard InChI is InChI=1S/C18H23N3O11P2.2C6H15N/c22-15-12(10-31-34(28,29)32-33(25,26)27)13-8-18(13,16(15)23)21-7-6-14(19-17(21)24)20-30-9-11-4-2-1-3-5-11;2*1-4-7(5-2)6-3/h1-7,12-13,15-16,22-23H,8-10H2,(H,28,29)(H,19,20,24)(H2,25,26,27);2*4-6H2,1-3H3/t12-,13-,15+,16+,18+;;/m0../s1. The van der Waals surface area contributed by atoms with Crippen LogP contribution in [0.2, 0.25) is 0 Å². The van der Waals surface area contributed by atoms with Crippen LogP contribution in [0.1, 0.15) is 53.5 Å². The van der Waals surface area contributed by atoms with E-state index < -0.39 is 57.5 Å². The molecule has 18 heteroatoms. The Balaban J connectivity index is 0.000000479. The van der Waals surface area contributed by atoms with E-state index >= 15 is 0 Å². The van der Waals surface area contributed by atoms with Crippen LogP contribution < -0.4 is 11.2 Å². The van der Waals surface area contributed by atoms with E-state index in [1.54, 1.807) is 0 Å². The third kappa shape index (κ3) is 12.1. The van der Waals surface area contributed by atoms with Crippen LogP contribution >= 0.6 is 15.6 Å². The SMILES string of the molecule is CCN(CC)CC.CCN(CC)CC.O=c1nc(NOCc2ccccc2)ccn1[C@]12C[C@H]1[C@H](COP(=O)(O)OP(=O)(O)O)[C@@H](O)[C@H]2O. The first-order chi connectivity index (χ1) is 22.6. The van der Waals surface area contributed by atoms with Crippen molar-refractivity contribution < 1.29 is 47.7 Å². The number of aliphatic hydroxyl groups excluding tert-OH is 2. The van der Waals surface area contributed by atoms with Crippen molar-refractivity contribution in [3.8, 4) is 0 Å². The third-order valence-electron chi connectivity index (χ3n) is 8.65. The Labute approximate surface area is 282 Å². The lowest BCUT2D eigenvalue weighted by Gasteiger charge is -2.24. The Morgan fingerprint density at radius 3 is 1.92 bits per heavy atom. The smallest absolute Gasteiger partial charge is 0.390 e. The van der Waals surface area contributed by atoms with Gasteiger partial charge in [-0.05, 0) is 63.2 Å². The minimum Gasteiger partial charge on any atom is -0.390 e. The van der Waals surface area contributed by atoms with Gasteiger partial charge in [0.05, 0.1) is 24.9 Å². The molecule has 48 heavy (non-hydrogen) atoms. The molecule has 1 heterocycles. The number of phosphoric ester groups is 1. The van der Waals surface area contributed by atoms with E-state index in [0.717, 1.165) is 5.56 Å². The second-order valence-corrected chi connectivity index (χ2v) is 14.1. The summed E-state index contributed by atoms with van der Waals surface area (Å²) in [4.78, 5) is 53.5. The molecule has 16 nitrogen and oxygen atoms in total. The van der Waals surface area contributed by atoms with E-state index in [9.17, 15) is 29.0 Å². The van der Waals surface area contributed by atoms with Crippen LogP contribution in [0.15, 0.2) is 47.4 Å². The fourth-order valence-electron chi connectivity index (χ4n) is 5.78. The number of rotatable bonds is 16. The molecule has 2 aromatic rings. The van der Waals surface area contributed by atoms with Crippen LogP contribution in [-0.4, -0.2) is 102 Å². The average Bonchev–Trinajstić information content (AvgIpc) is 3.73. The Morgan fingerprint density at radius 2 is 1.46 bits per heavy atom. The van der Waals surface area contributed by atoms with Gasteiger partial charge in [-0.1, -0.05) is 71.9 Å². The summed E-state index contributed by atoms with van der Waals surface area (Å²) in [5, 5.41) is 21.1. The van der Waals surface area contributed by atoms with E-state index in [4.69, 9.17) is 14.6 Å². The summed E-state index contributed by atoms with van der Waals surface area (Å²) in [6, 6.07) is 10.8. The summed E-state index contributed by atoms with van der Waals surface area (Å²) in [6.45, 7) is 19.8. The molecule has 2 fully saturated rings. The van der Waals surface area contributed by atoms with Gasteiger partial charge < -0.3 is 34.7 Å². The fourth-order valence-corrected chi connectivity index (χ4v) is 7.41. The molecule has 1 unspecified atom stereocenters. The highest BCUT2D eigenvalue weighted by Gasteiger charge is 2.72. The van der Waals surface area contributed by atoms with Crippen LogP contribution in [-0.2, 0) is 34.9 Å². The van der Waals surface area contributed by atoms with Gasteiger partial charge in [0.25, 0.3) is 0 Å². The molecular weight excluding hydrogens is 668 g/mol. The first-order valence-electron chi connectivity index (χ1n) is 16.2. The van der Waals surface area contributed by atoms with Gasteiger partial charge in [-0.3, -0.25) is 13.9 Å². The Bertz CT molecular complexity index is 1370. The van der Waals surface area contributed by atoms with Crippen LogP contribution in [0.3, 0.4) is 0 Å². The topological polar surface area (TPSA) is 216 Å². The molecule has 0 bridgehead atoms. The van der Waals surface area contributed by atoms with Crippen molar-refractivity contribution in [2.75, 3.05) is 51.4 Å². The van der Waals surface area contributed by atoms with Crippen LogP contribution in [0.25, 0.3) is 0 Å². The van der Waals surface area contributed by atoms with Crippen molar-refractivity contribution in [2.24, 2.45) is 11.8 Å². The predicted molar refractivity (Wildman–Crippen MR) is 181 cm³/mol. The lowest BCUT2D eigenvalue weighted by molar-refractivity contribution is -0.0281. The highest BCUT2D eigenvalue weighted by molar-refractivity contribution is 7.60. The van der Waals surface area contributed by atoms with Crippen LogP contribution in [0.4, 0.5) is 5.82 Å². The van der Waals surface area contributed by atoms with Gasteiger partial charge in [-0.2, -0.15) is 9.29 Å².